The Morgan fingerprint density at radius 3 is 2.56 bits per heavy atom. The van der Waals surface area contributed by atoms with Crippen molar-refractivity contribution in [3.05, 3.63) is 29.3 Å². The molecule has 0 saturated carbocycles. The topological polar surface area (TPSA) is 82.0 Å². The molecule has 0 bridgehead atoms. The standard InChI is InChI=1S/C11H13N3O3S/c1-7-4-5-9-8(2)13-10(14-11(9)12-7)6-17-18(3,15)16/h4-5H,6H2,1-3H3. The van der Waals surface area contributed by atoms with Crippen LogP contribution in [0.2, 0.25) is 0 Å². The molecular weight excluding hydrogens is 254 g/mol. The lowest BCUT2D eigenvalue weighted by atomic mass is 10.2. The van der Waals surface area contributed by atoms with E-state index >= 15 is 0 Å². The van der Waals surface area contributed by atoms with E-state index in [1.165, 1.54) is 0 Å². The molecule has 0 aliphatic heterocycles. The van der Waals surface area contributed by atoms with Gasteiger partial charge in [0.25, 0.3) is 10.1 Å². The van der Waals surface area contributed by atoms with Gasteiger partial charge in [0, 0.05) is 11.1 Å². The highest BCUT2D eigenvalue weighted by atomic mass is 32.2. The number of pyridine rings is 1. The van der Waals surface area contributed by atoms with Gasteiger partial charge in [0.1, 0.15) is 6.61 Å². The molecule has 0 unspecified atom stereocenters. The molecule has 0 aliphatic carbocycles. The Morgan fingerprint density at radius 2 is 1.89 bits per heavy atom. The van der Waals surface area contributed by atoms with Gasteiger partial charge in [-0.15, -0.1) is 0 Å². The van der Waals surface area contributed by atoms with Crippen molar-refractivity contribution in [2.75, 3.05) is 6.26 Å². The maximum Gasteiger partial charge on any atom is 0.264 e. The van der Waals surface area contributed by atoms with Gasteiger partial charge in [-0.25, -0.2) is 15.0 Å². The van der Waals surface area contributed by atoms with Crippen molar-refractivity contribution in [3.8, 4) is 0 Å². The summed E-state index contributed by atoms with van der Waals surface area (Å²) in [6.45, 7) is 3.51. The minimum atomic E-state index is -3.50. The Labute approximate surface area is 105 Å². The van der Waals surface area contributed by atoms with Gasteiger partial charge in [0.2, 0.25) is 0 Å². The third-order valence-corrected chi connectivity index (χ3v) is 2.88. The highest BCUT2D eigenvalue weighted by Gasteiger charge is 2.09. The summed E-state index contributed by atoms with van der Waals surface area (Å²) in [6.07, 6.45) is 0.989. The van der Waals surface area contributed by atoms with Gasteiger partial charge in [-0.1, -0.05) is 0 Å². The number of hydrogen-bond donors (Lipinski definition) is 0. The van der Waals surface area contributed by atoms with Crippen molar-refractivity contribution in [2.45, 2.75) is 20.5 Å². The lowest BCUT2D eigenvalue weighted by molar-refractivity contribution is 0.302. The zero-order chi connectivity index (χ0) is 13.3. The molecule has 18 heavy (non-hydrogen) atoms. The molecule has 7 heteroatoms. The lowest BCUT2D eigenvalue weighted by Gasteiger charge is -2.05. The van der Waals surface area contributed by atoms with E-state index in [4.69, 9.17) is 0 Å². The SMILES string of the molecule is Cc1ccc2c(C)nc(COS(C)(=O)=O)nc2n1. The van der Waals surface area contributed by atoms with Crippen molar-refractivity contribution in [3.63, 3.8) is 0 Å². The molecule has 2 heterocycles. The van der Waals surface area contributed by atoms with Crippen LogP contribution in [0.3, 0.4) is 0 Å². The Morgan fingerprint density at radius 1 is 1.17 bits per heavy atom. The van der Waals surface area contributed by atoms with Crippen molar-refractivity contribution < 1.29 is 12.6 Å². The second-order valence-electron chi connectivity index (χ2n) is 4.02. The summed E-state index contributed by atoms with van der Waals surface area (Å²) < 4.78 is 26.5. The summed E-state index contributed by atoms with van der Waals surface area (Å²) in [4.78, 5) is 12.7. The van der Waals surface area contributed by atoms with Gasteiger partial charge in [-0.2, -0.15) is 8.42 Å². The first-order valence-corrected chi connectivity index (χ1v) is 7.12. The van der Waals surface area contributed by atoms with Gasteiger partial charge < -0.3 is 0 Å². The summed E-state index contributed by atoms with van der Waals surface area (Å²) in [6, 6.07) is 3.78. The average Bonchev–Trinajstić information content (AvgIpc) is 2.24. The van der Waals surface area contributed by atoms with Gasteiger partial charge >= 0.3 is 0 Å². The highest BCUT2D eigenvalue weighted by Crippen LogP contribution is 2.14. The molecule has 0 N–H and O–H groups in total. The molecule has 0 amide bonds. The Balaban J connectivity index is 2.41. The van der Waals surface area contributed by atoms with E-state index in [2.05, 4.69) is 19.1 Å². The van der Waals surface area contributed by atoms with Gasteiger partial charge in [-0.3, -0.25) is 4.18 Å². The minimum Gasteiger partial charge on any atom is -0.262 e. The number of fused-ring (bicyclic) bond motifs is 1. The molecule has 0 fully saturated rings. The van der Waals surface area contributed by atoms with Crippen LogP contribution < -0.4 is 0 Å². The van der Waals surface area contributed by atoms with E-state index < -0.39 is 10.1 Å². The summed E-state index contributed by atoms with van der Waals surface area (Å²) >= 11 is 0. The molecule has 0 aromatic carbocycles. The van der Waals surface area contributed by atoms with Crippen LogP contribution >= 0.6 is 0 Å². The number of aromatic nitrogens is 3. The van der Waals surface area contributed by atoms with Crippen LogP contribution in [0.5, 0.6) is 0 Å². The maximum absolute atomic E-state index is 10.9. The predicted molar refractivity (Wildman–Crippen MR) is 66.4 cm³/mol. The van der Waals surface area contributed by atoms with E-state index in [9.17, 15) is 8.42 Å². The third kappa shape index (κ3) is 2.99. The second kappa shape index (κ2) is 4.58. The van der Waals surface area contributed by atoms with Crippen molar-refractivity contribution in [1.82, 2.24) is 15.0 Å². The molecule has 0 radical (unpaired) electrons. The normalized spacial score (nSPS) is 11.9. The molecule has 2 rings (SSSR count). The highest BCUT2D eigenvalue weighted by molar-refractivity contribution is 7.85. The summed E-state index contributed by atoms with van der Waals surface area (Å²) in [5.41, 5.74) is 2.14. The fourth-order valence-corrected chi connectivity index (χ4v) is 1.86. The van der Waals surface area contributed by atoms with Crippen LogP contribution in [-0.4, -0.2) is 29.6 Å². The fourth-order valence-electron chi connectivity index (χ4n) is 1.54. The first-order valence-electron chi connectivity index (χ1n) is 5.30. The van der Waals surface area contributed by atoms with E-state index in [1.54, 1.807) is 0 Å². The van der Waals surface area contributed by atoms with E-state index in [0.29, 0.717) is 11.5 Å². The first-order chi connectivity index (χ1) is 8.35. The van der Waals surface area contributed by atoms with E-state index in [-0.39, 0.29) is 6.61 Å². The summed E-state index contributed by atoms with van der Waals surface area (Å²) in [5, 5.41) is 0.851. The average molecular weight is 267 g/mol. The Bertz CT molecular complexity index is 698. The van der Waals surface area contributed by atoms with Crippen molar-refractivity contribution in [2.24, 2.45) is 0 Å². The third-order valence-electron chi connectivity index (χ3n) is 2.34. The van der Waals surface area contributed by atoms with Crippen LogP contribution in [-0.2, 0) is 20.9 Å². The molecule has 0 spiro atoms. The van der Waals surface area contributed by atoms with Crippen LogP contribution in [0.4, 0.5) is 0 Å². The molecule has 6 nitrogen and oxygen atoms in total. The van der Waals surface area contributed by atoms with Crippen molar-refractivity contribution in [1.29, 1.82) is 0 Å². The van der Waals surface area contributed by atoms with Crippen LogP contribution in [0, 0.1) is 13.8 Å². The summed E-state index contributed by atoms with van der Waals surface area (Å²) in [7, 11) is -3.50. The largest absolute Gasteiger partial charge is 0.264 e. The molecule has 2 aromatic rings. The van der Waals surface area contributed by atoms with Crippen molar-refractivity contribution >= 4 is 21.2 Å². The molecule has 0 aliphatic rings. The Hall–Kier alpha value is -1.60. The lowest BCUT2D eigenvalue weighted by Crippen LogP contribution is -2.07. The summed E-state index contributed by atoms with van der Waals surface area (Å²) in [5.74, 6) is 0.309. The minimum absolute atomic E-state index is 0.175. The Kier molecular flexibility index (Phi) is 3.27. The maximum atomic E-state index is 10.9. The zero-order valence-corrected chi connectivity index (χ0v) is 11.2. The zero-order valence-electron chi connectivity index (χ0n) is 10.3. The number of hydrogen-bond acceptors (Lipinski definition) is 6. The first kappa shape index (κ1) is 12.8. The number of rotatable bonds is 3. The molecular formula is C11H13N3O3S. The van der Waals surface area contributed by atoms with Crippen LogP contribution in [0.15, 0.2) is 12.1 Å². The van der Waals surface area contributed by atoms with E-state index in [0.717, 1.165) is 23.0 Å². The molecule has 0 atom stereocenters. The van der Waals surface area contributed by atoms with Gasteiger partial charge in [0.05, 0.1) is 11.9 Å². The smallest absolute Gasteiger partial charge is 0.262 e. The van der Waals surface area contributed by atoms with Crippen LogP contribution in [0.25, 0.3) is 11.0 Å². The molecule has 2 aromatic heterocycles. The number of nitrogens with zero attached hydrogens (tertiary/aromatic N) is 3. The molecule has 0 saturated heterocycles. The quantitative estimate of drug-likeness (QED) is 0.775. The second-order valence-corrected chi connectivity index (χ2v) is 5.66. The molecule has 96 valence electrons. The van der Waals surface area contributed by atoms with Gasteiger partial charge in [0.15, 0.2) is 11.5 Å². The van der Waals surface area contributed by atoms with Gasteiger partial charge in [-0.05, 0) is 26.0 Å². The monoisotopic (exact) mass is 267 g/mol. The number of aryl methyl sites for hydroxylation is 2. The van der Waals surface area contributed by atoms with Crippen LogP contribution in [0.1, 0.15) is 17.2 Å². The van der Waals surface area contributed by atoms with E-state index in [1.807, 2.05) is 26.0 Å². The predicted octanol–water partition coefficient (Wildman–Crippen LogP) is 1.12. The fraction of sp³-hybridized carbons (Fsp3) is 0.364.